The Labute approximate surface area is 224 Å². The topological polar surface area (TPSA) is 111 Å². The third kappa shape index (κ3) is 7.39. The van der Waals surface area contributed by atoms with Crippen molar-refractivity contribution in [2.45, 2.75) is 51.9 Å². The number of carboxylic acids is 1. The number of aromatic nitrogens is 2. The van der Waals surface area contributed by atoms with Crippen LogP contribution in [-0.2, 0) is 11.0 Å². The summed E-state index contributed by atoms with van der Waals surface area (Å²) in [5.74, 6) is -3.08. The SMILES string of the molecule is Cc1cc(C(C)NC(=O)c2cnc(-c3ccc(OC(F)(F)F)cc3)nc2C(F)(F)F)ccc1OC(C)(C)C(=O)O. The highest BCUT2D eigenvalue weighted by Gasteiger charge is 2.38. The minimum absolute atomic E-state index is 0.0378. The van der Waals surface area contributed by atoms with E-state index in [1.807, 2.05) is 0 Å². The first-order valence-electron chi connectivity index (χ1n) is 11.5. The molecule has 0 aliphatic rings. The number of rotatable bonds is 8. The Bertz CT molecular complexity index is 1410. The van der Waals surface area contributed by atoms with Crippen LogP contribution in [0.15, 0.2) is 48.7 Å². The highest BCUT2D eigenvalue weighted by Crippen LogP contribution is 2.33. The van der Waals surface area contributed by atoms with Crippen LogP contribution in [0.2, 0.25) is 0 Å². The van der Waals surface area contributed by atoms with E-state index in [0.717, 1.165) is 24.3 Å². The van der Waals surface area contributed by atoms with Crippen LogP contribution in [0.25, 0.3) is 11.4 Å². The number of ether oxygens (including phenoxy) is 2. The zero-order chi connectivity index (χ0) is 30.0. The number of benzene rings is 2. The minimum Gasteiger partial charge on any atom is -0.478 e. The summed E-state index contributed by atoms with van der Waals surface area (Å²) in [5, 5.41) is 11.7. The molecule has 0 aliphatic carbocycles. The largest absolute Gasteiger partial charge is 0.573 e. The zero-order valence-electron chi connectivity index (χ0n) is 21.4. The molecule has 3 rings (SSSR count). The fourth-order valence-electron chi connectivity index (χ4n) is 3.44. The van der Waals surface area contributed by atoms with Crippen molar-refractivity contribution in [1.82, 2.24) is 15.3 Å². The number of hydrogen-bond donors (Lipinski definition) is 2. The molecule has 1 aromatic heterocycles. The number of alkyl halides is 6. The number of nitrogens with zero attached hydrogens (tertiary/aromatic N) is 2. The molecule has 0 radical (unpaired) electrons. The van der Waals surface area contributed by atoms with E-state index in [1.54, 1.807) is 13.0 Å². The molecule has 0 spiro atoms. The van der Waals surface area contributed by atoms with E-state index in [4.69, 9.17) is 4.74 Å². The van der Waals surface area contributed by atoms with Crippen molar-refractivity contribution in [2.24, 2.45) is 0 Å². The molecule has 0 aliphatic heterocycles. The molecule has 1 amide bonds. The van der Waals surface area contributed by atoms with Crippen LogP contribution in [0.1, 0.15) is 54.0 Å². The molecule has 0 saturated carbocycles. The predicted molar refractivity (Wildman–Crippen MR) is 129 cm³/mol. The van der Waals surface area contributed by atoms with Crippen molar-refractivity contribution in [1.29, 1.82) is 0 Å². The van der Waals surface area contributed by atoms with Gasteiger partial charge >= 0.3 is 18.5 Å². The second-order valence-corrected chi connectivity index (χ2v) is 9.16. The number of amides is 1. The number of hydrogen-bond acceptors (Lipinski definition) is 6. The molecule has 1 atom stereocenters. The van der Waals surface area contributed by atoms with Crippen LogP contribution in [0.5, 0.6) is 11.5 Å². The highest BCUT2D eigenvalue weighted by atomic mass is 19.4. The quantitative estimate of drug-likeness (QED) is 0.314. The number of carboxylic acid groups (broad SMARTS) is 1. The van der Waals surface area contributed by atoms with E-state index in [9.17, 15) is 41.0 Å². The Morgan fingerprint density at radius 2 is 1.60 bits per heavy atom. The lowest BCUT2D eigenvalue weighted by atomic mass is 10.0. The van der Waals surface area contributed by atoms with Gasteiger partial charge in [0.2, 0.25) is 0 Å². The second kappa shape index (κ2) is 11.0. The lowest BCUT2D eigenvalue weighted by Crippen LogP contribution is -2.38. The summed E-state index contributed by atoms with van der Waals surface area (Å²) in [6, 6.07) is 7.70. The summed E-state index contributed by atoms with van der Waals surface area (Å²) in [6.45, 7) is 5.91. The molecule has 0 saturated heterocycles. The summed E-state index contributed by atoms with van der Waals surface area (Å²) < 4.78 is 87.8. The van der Waals surface area contributed by atoms with Crippen LogP contribution in [0.4, 0.5) is 26.3 Å². The third-order valence-electron chi connectivity index (χ3n) is 5.57. The highest BCUT2D eigenvalue weighted by molar-refractivity contribution is 5.95. The molecule has 40 heavy (non-hydrogen) atoms. The summed E-state index contributed by atoms with van der Waals surface area (Å²) >= 11 is 0. The van der Waals surface area contributed by atoms with Crippen LogP contribution in [0.3, 0.4) is 0 Å². The summed E-state index contributed by atoms with van der Waals surface area (Å²) in [6.07, 6.45) is -9.32. The molecule has 1 heterocycles. The van der Waals surface area contributed by atoms with Gasteiger partial charge in [-0.1, -0.05) is 12.1 Å². The van der Waals surface area contributed by atoms with Gasteiger partial charge in [0.25, 0.3) is 5.91 Å². The summed E-state index contributed by atoms with van der Waals surface area (Å²) in [4.78, 5) is 31.4. The predicted octanol–water partition coefficient (Wildman–Crippen LogP) is 6.10. The van der Waals surface area contributed by atoms with Gasteiger partial charge in [-0.15, -0.1) is 13.2 Å². The minimum atomic E-state index is -5.06. The van der Waals surface area contributed by atoms with E-state index in [-0.39, 0.29) is 11.3 Å². The molecule has 0 bridgehead atoms. The van der Waals surface area contributed by atoms with Crippen LogP contribution >= 0.6 is 0 Å². The van der Waals surface area contributed by atoms with Crippen LogP contribution in [0, 0.1) is 6.92 Å². The fraction of sp³-hybridized carbons (Fsp3) is 0.308. The lowest BCUT2D eigenvalue weighted by Gasteiger charge is -2.23. The Morgan fingerprint density at radius 1 is 0.975 bits per heavy atom. The van der Waals surface area contributed by atoms with Gasteiger partial charge in [-0.25, -0.2) is 14.8 Å². The first kappa shape index (κ1) is 30.2. The van der Waals surface area contributed by atoms with E-state index >= 15 is 0 Å². The standard InChI is InChI=1S/C26H23F6N3O5/c1-13-11-16(7-10-19(13)40-24(3,4)23(37)38)14(2)34-22(36)18-12-33-21(35-20(18)25(27,28)29)15-5-8-17(9-6-15)39-26(30,31)32/h5-12,14H,1-4H3,(H,34,36)(H,37,38). The summed E-state index contributed by atoms with van der Waals surface area (Å²) in [5.41, 5.74) is -2.91. The van der Waals surface area contributed by atoms with E-state index in [2.05, 4.69) is 20.0 Å². The Kier molecular flexibility index (Phi) is 8.32. The maximum absolute atomic E-state index is 13.8. The van der Waals surface area contributed by atoms with Crippen LogP contribution in [-0.4, -0.2) is 38.9 Å². The van der Waals surface area contributed by atoms with Gasteiger partial charge in [0.15, 0.2) is 17.1 Å². The number of carbonyl (C=O) groups is 2. The molecule has 1 unspecified atom stereocenters. The number of nitrogens with one attached hydrogen (secondary N) is 1. The number of halogens is 6. The van der Waals surface area contributed by atoms with E-state index in [0.29, 0.717) is 17.3 Å². The first-order chi connectivity index (χ1) is 18.4. The van der Waals surface area contributed by atoms with Gasteiger partial charge in [0.1, 0.15) is 11.5 Å². The first-order valence-corrected chi connectivity index (χ1v) is 11.5. The second-order valence-electron chi connectivity index (χ2n) is 9.16. The van der Waals surface area contributed by atoms with Crippen molar-refractivity contribution >= 4 is 11.9 Å². The van der Waals surface area contributed by atoms with Gasteiger partial charge in [0.05, 0.1) is 11.6 Å². The van der Waals surface area contributed by atoms with Gasteiger partial charge in [-0.05, 0) is 69.2 Å². The van der Waals surface area contributed by atoms with Crippen molar-refractivity contribution in [2.75, 3.05) is 0 Å². The molecular formula is C26H23F6N3O5. The summed E-state index contributed by atoms with van der Waals surface area (Å²) in [7, 11) is 0. The molecule has 14 heteroatoms. The number of carbonyl (C=O) groups excluding carboxylic acids is 1. The maximum atomic E-state index is 13.8. The molecule has 0 fully saturated rings. The molecule has 2 aromatic carbocycles. The van der Waals surface area contributed by atoms with Crippen molar-refractivity contribution < 1.29 is 50.5 Å². The van der Waals surface area contributed by atoms with Crippen molar-refractivity contribution in [3.8, 4) is 22.9 Å². The van der Waals surface area contributed by atoms with Crippen LogP contribution < -0.4 is 14.8 Å². The molecular weight excluding hydrogens is 548 g/mol. The number of aryl methyl sites for hydroxylation is 1. The maximum Gasteiger partial charge on any atom is 0.573 e. The van der Waals surface area contributed by atoms with Crippen molar-refractivity contribution in [3.63, 3.8) is 0 Å². The average Bonchev–Trinajstić information content (AvgIpc) is 2.83. The third-order valence-corrected chi connectivity index (χ3v) is 5.57. The zero-order valence-corrected chi connectivity index (χ0v) is 21.4. The van der Waals surface area contributed by atoms with Gasteiger partial charge < -0.3 is 19.9 Å². The van der Waals surface area contributed by atoms with Gasteiger partial charge in [0, 0.05) is 11.8 Å². The fourth-order valence-corrected chi connectivity index (χ4v) is 3.44. The van der Waals surface area contributed by atoms with Gasteiger partial charge in [-0.2, -0.15) is 13.2 Å². The van der Waals surface area contributed by atoms with E-state index < -0.39 is 58.9 Å². The number of aliphatic carboxylic acids is 1. The smallest absolute Gasteiger partial charge is 0.478 e. The lowest BCUT2D eigenvalue weighted by molar-refractivity contribution is -0.274. The molecule has 8 nitrogen and oxygen atoms in total. The molecule has 214 valence electrons. The van der Waals surface area contributed by atoms with E-state index in [1.165, 1.54) is 32.9 Å². The van der Waals surface area contributed by atoms with Crippen molar-refractivity contribution in [3.05, 3.63) is 71.0 Å². The Hall–Kier alpha value is -4.36. The monoisotopic (exact) mass is 571 g/mol. The molecule has 3 aromatic rings. The Morgan fingerprint density at radius 3 is 2.12 bits per heavy atom. The molecule has 2 N–H and O–H groups in total. The Balaban J connectivity index is 1.83. The van der Waals surface area contributed by atoms with Gasteiger partial charge in [-0.3, -0.25) is 4.79 Å². The normalized spacial score (nSPS) is 12.9. The average molecular weight is 571 g/mol.